The van der Waals surface area contributed by atoms with Crippen LogP contribution in [0.15, 0.2) is 24.3 Å². The summed E-state index contributed by atoms with van der Waals surface area (Å²) in [6.45, 7) is 3.02. The third-order valence-corrected chi connectivity index (χ3v) is 2.12. The van der Waals surface area contributed by atoms with Gasteiger partial charge < -0.3 is 11.1 Å². The van der Waals surface area contributed by atoms with E-state index >= 15 is 0 Å². The number of carbonyl (C=O) groups excluding carboxylic acids is 1. The highest BCUT2D eigenvalue weighted by Crippen LogP contribution is 2.02. The Kier molecular flexibility index (Phi) is 4.24. The zero-order chi connectivity index (χ0) is 11.3. The van der Waals surface area contributed by atoms with Crippen LogP contribution in [0.4, 0.5) is 4.39 Å². The van der Waals surface area contributed by atoms with Crippen molar-refractivity contribution in [3.63, 3.8) is 0 Å². The van der Waals surface area contributed by atoms with Crippen molar-refractivity contribution in [3.05, 3.63) is 35.6 Å². The quantitative estimate of drug-likeness (QED) is 0.783. The molecule has 0 aliphatic rings. The number of carbonyl (C=O) groups is 1. The number of benzene rings is 1. The predicted octanol–water partition coefficient (Wildman–Crippen LogP) is 1.15. The molecule has 0 spiro atoms. The number of halogens is 1. The Hall–Kier alpha value is -1.42. The normalized spacial score (nSPS) is 12.2. The summed E-state index contributed by atoms with van der Waals surface area (Å²) < 4.78 is 12.6. The summed E-state index contributed by atoms with van der Waals surface area (Å²) in [5.41, 5.74) is 5.87. The summed E-state index contributed by atoms with van der Waals surface area (Å²) in [6.07, 6.45) is 0. The van der Waals surface area contributed by atoms with E-state index in [-0.39, 0.29) is 17.6 Å². The maximum atomic E-state index is 12.6. The van der Waals surface area contributed by atoms with Gasteiger partial charge in [0.15, 0.2) is 0 Å². The molecule has 0 aliphatic carbocycles. The van der Waals surface area contributed by atoms with Crippen LogP contribution in [0.3, 0.4) is 0 Å². The highest BCUT2D eigenvalue weighted by atomic mass is 19.1. The first kappa shape index (κ1) is 11.7. The average molecular weight is 210 g/mol. The minimum Gasteiger partial charge on any atom is -0.352 e. The first-order chi connectivity index (χ1) is 7.13. The average Bonchev–Trinajstić information content (AvgIpc) is 2.26. The number of hydrogen-bond acceptors (Lipinski definition) is 2. The molecular formula is C11H15FN2O. The molecule has 1 unspecified atom stereocenters. The molecule has 0 radical (unpaired) electrons. The molecule has 0 aliphatic heterocycles. The van der Waals surface area contributed by atoms with Crippen molar-refractivity contribution in [3.8, 4) is 0 Å². The zero-order valence-corrected chi connectivity index (χ0v) is 8.66. The molecule has 4 heteroatoms. The van der Waals surface area contributed by atoms with Crippen molar-refractivity contribution >= 4 is 5.91 Å². The van der Waals surface area contributed by atoms with Crippen molar-refractivity contribution in [1.82, 2.24) is 5.32 Å². The lowest BCUT2D eigenvalue weighted by Crippen LogP contribution is -2.31. The maximum absolute atomic E-state index is 12.6. The fraction of sp³-hybridized carbons (Fsp3) is 0.364. The molecule has 1 aromatic rings. The molecule has 1 atom stereocenters. The predicted molar refractivity (Wildman–Crippen MR) is 57.0 cm³/mol. The second kappa shape index (κ2) is 5.46. The molecule has 0 fully saturated rings. The summed E-state index contributed by atoms with van der Waals surface area (Å²) in [5, 5.41) is 2.73. The molecule has 0 heterocycles. The number of nitrogens with one attached hydrogen (secondary N) is 1. The minimum absolute atomic E-state index is 0.199. The molecule has 1 rings (SSSR count). The highest BCUT2D eigenvalue weighted by Gasteiger charge is 2.06. The second-order valence-corrected chi connectivity index (χ2v) is 3.56. The van der Waals surface area contributed by atoms with Gasteiger partial charge in [0.05, 0.1) is 0 Å². The van der Waals surface area contributed by atoms with Crippen LogP contribution in [0.5, 0.6) is 0 Å². The molecule has 0 saturated carbocycles. The molecule has 0 bridgehead atoms. The standard InChI is InChI=1S/C11H15FN2O/c1-8(6-13)7-14-11(15)9-2-4-10(12)5-3-9/h2-5,8H,6-7,13H2,1H3,(H,14,15). The first-order valence-corrected chi connectivity index (χ1v) is 4.87. The summed E-state index contributed by atoms with van der Waals surface area (Å²) in [6, 6.07) is 5.44. The molecule has 82 valence electrons. The van der Waals surface area contributed by atoms with E-state index in [4.69, 9.17) is 5.73 Å². The Morgan fingerprint density at radius 3 is 2.60 bits per heavy atom. The molecule has 1 amide bonds. The first-order valence-electron chi connectivity index (χ1n) is 4.87. The van der Waals surface area contributed by atoms with Crippen LogP contribution >= 0.6 is 0 Å². The van der Waals surface area contributed by atoms with Crippen LogP contribution in [0, 0.1) is 11.7 Å². The van der Waals surface area contributed by atoms with Gasteiger partial charge in [0.2, 0.25) is 0 Å². The number of hydrogen-bond donors (Lipinski definition) is 2. The molecule has 1 aromatic carbocycles. The van der Waals surface area contributed by atoms with E-state index in [0.29, 0.717) is 18.7 Å². The van der Waals surface area contributed by atoms with Crippen molar-refractivity contribution in [1.29, 1.82) is 0 Å². The molecule has 3 nitrogen and oxygen atoms in total. The van der Waals surface area contributed by atoms with Crippen LogP contribution in [-0.2, 0) is 0 Å². The lowest BCUT2D eigenvalue weighted by molar-refractivity contribution is 0.0948. The van der Waals surface area contributed by atoms with Gasteiger partial charge in [0.25, 0.3) is 5.91 Å². The van der Waals surface area contributed by atoms with E-state index in [2.05, 4.69) is 5.32 Å². The molecule has 0 aromatic heterocycles. The summed E-state index contributed by atoms with van der Waals surface area (Å²) in [7, 11) is 0. The number of nitrogens with two attached hydrogens (primary N) is 1. The van der Waals surface area contributed by atoms with E-state index in [9.17, 15) is 9.18 Å². The van der Waals surface area contributed by atoms with Crippen molar-refractivity contribution in [2.75, 3.05) is 13.1 Å². The highest BCUT2D eigenvalue weighted by molar-refractivity contribution is 5.94. The fourth-order valence-corrected chi connectivity index (χ4v) is 1.05. The topological polar surface area (TPSA) is 55.1 Å². The van der Waals surface area contributed by atoms with Gasteiger partial charge in [0.1, 0.15) is 5.82 Å². The van der Waals surface area contributed by atoms with Crippen LogP contribution < -0.4 is 11.1 Å². The smallest absolute Gasteiger partial charge is 0.251 e. The Labute approximate surface area is 88.5 Å². The second-order valence-electron chi connectivity index (χ2n) is 3.56. The summed E-state index contributed by atoms with van der Waals surface area (Å²) in [5.74, 6) is -0.299. The minimum atomic E-state index is -0.345. The van der Waals surface area contributed by atoms with Crippen LogP contribution in [0.25, 0.3) is 0 Å². The van der Waals surface area contributed by atoms with Gasteiger partial charge in [-0.15, -0.1) is 0 Å². The van der Waals surface area contributed by atoms with Gasteiger partial charge in [0, 0.05) is 12.1 Å². The SMILES string of the molecule is CC(CN)CNC(=O)c1ccc(F)cc1. The molecular weight excluding hydrogens is 195 g/mol. The third-order valence-electron chi connectivity index (χ3n) is 2.12. The van der Waals surface area contributed by atoms with Crippen molar-refractivity contribution in [2.24, 2.45) is 11.7 Å². The van der Waals surface area contributed by atoms with E-state index in [1.165, 1.54) is 24.3 Å². The van der Waals surface area contributed by atoms with E-state index in [0.717, 1.165) is 0 Å². The maximum Gasteiger partial charge on any atom is 0.251 e. The number of amides is 1. The zero-order valence-electron chi connectivity index (χ0n) is 8.66. The van der Waals surface area contributed by atoms with Crippen molar-refractivity contribution < 1.29 is 9.18 Å². The van der Waals surface area contributed by atoms with Crippen LogP contribution in [0.1, 0.15) is 17.3 Å². The Morgan fingerprint density at radius 1 is 1.47 bits per heavy atom. The largest absolute Gasteiger partial charge is 0.352 e. The van der Waals surface area contributed by atoms with Gasteiger partial charge in [-0.25, -0.2) is 4.39 Å². The van der Waals surface area contributed by atoms with Crippen molar-refractivity contribution in [2.45, 2.75) is 6.92 Å². The summed E-state index contributed by atoms with van der Waals surface area (Å²) >= 11 is 0. The molecule has 15 heavy (non-hydrogen) atoms. The van der Waals surface area contributed by atoms with E-state index in [1.54, 1.807) is 0 Å². The Bertz CT molecular complexity index is 324. The summed E-state index contributed by atoms with van der Waals surface area (Å²) in [4.78, 5) is 11.5. The third kappa shape index (κ3) is 3.67. The van der Waals surface area contributed by atoms with E-state index in [1.807, 2.05) is 6.92 Å². The van der Waals surface area contributed by atoms with Gasteiger partial charge in [-0.2, -0.15) is 0 Å². The van der Waals surface area contributed by atoms with E-state index < -0.39 is 0 Å². The molecule has 0 saturated heterocycles. The van der Waals surface area contributed by atoms with Gasteiger partial charge in [-0.1, -0.05) is 6.92 Å². The molecule has 3 N–H and O–H groups in total. The van der Waals surface area contributed by atoms with Gasteiger partial charge >= 0.3 is 0 Å². The lowest BCUT2D eigenvalue weighted by Gasteiger charge is -2.09. The Balaban J connectivity index is 2.50. The van der Waals surface area contributed by atoms with Gasteiger partial charge in [-0.3, -0.25) is 4.79 Å². The monoisotopic (exact) mass is 210 g/mol. The number of rotatable bonds is 4. The van der Waals surface area contributed by atoms with Gasteiger partial charge in [-0.05, 0) is 36.7 Å². The van der Waals surface area contributed by atoms with Crippen LogP contribution in [-0.4, -0.2) is 19.0 Å². The Morgan fingerprint density at radius 2 is 2.07 bits per heavy atom. The fourth-order valence-electron chi connectivity index (χ4n) is 1.05. The van der Waals surface area contributed by atoms with Crippen LogP contribution in [0.2, 0.25) is 0 Å². The lowest BCUT2D eigenvalue weighted by atomic mass is 10.1.